The highest BCUT2D eigenvalue weighted by atomic mass is 16.6. The number of benzene rings is 1. The van der Waals surface area contributed by atoms with E-state index in [1.807, 2.05) is 6.92 Å². The molecular formula is C11H14N2O4. The van der Waals surface area contributed by atoms with E-state index >= 15 is 0 Å². The zero-order chi connectivity index (χ0) is 13.0. The number of hydrogen-bond acceptors (Lipinski definition) is 4. The molecule has 0 aliphatic carbocycles. The van der Waals surface area contributed by atoms with Crippen LogP contribution in [0.3, 0.4) is 0 Å². The van der Waals surface area contributed by atoms with Crippen molar-refractivity contribution >= 4 is 0 Å². The fourth-order valence-corrected chi connectivity index (χ4v) is 1.66. The molecule has 0 spiro atoms. The van der Waals surface area contributed by atoms with Crippen LogP contribution in [-0.4, -0.2) is 22.4 Å². The van der Waals surface area contributed by atoms with Crippen molar-refractivity contribution in [2.75, 3.05) is 6.54 Å². The van der Waals surface area contributed by atoms with Crippen LogP contribution in [0.25, 0.3) is 0 Å². The molecule has 0 radical (unpaired) electrons. The Morgan fingerprint density at radius 1 is 1.18 bits per heavy atom. The molecule has 1 rings (SSSR count). The molecule has 0 amide bonds. The maximum absolute atomic E-state index is 10.7. The van der Waals surface area contributed by atoms with E-state index in [4.69, 9.17) is 0 Å². The summed E-state index contributed by atoms with van der Waals surface area (Å²) >= 11 is 0. The van der Waals surface area contributed by atoms with Crippen LogP contribution in [0.4, 0.5) is 0 Å². The van der Waals surface area contributed by atoms with Crippen LogP contribution in [0.5, 0.6) is 0 Å². The second-order valence-corrected chi connectivity index (χ2v) is 4.06. The summed E-state index contributed by atoms with van der Waals surface area (Å²) in [6, 6.07) is 6.06. The van der Waals surface area contributed by atoms with Crippen molar-refractivity contribution in [3.63, 3.8) is 0 Å². The van der Waals surface area contributed by atoms with Gasteiger partial charge in [0.1, 0.15) is 5.92 Å². The molecule has 92 valence electrons. The third-order valence-corrected chi connectivity index (χ3v) is 2.77. The molecule has 0 unspecified atom stereocenters. The van der Waals surface area contributed by atoms with E-state index in [0.29, 0.717) is 5.56 Å². The topological polar surface area (TPSA) is 86.3 Å². The smallest absolute Gasteiger partial charge is 0.223 e. The summed E-state index contributed by atoms with van der Waals surface area (Å²) in [4.78, 5) is 20.3. The van der Waals surface area contributed by atoms with E-state index in [9.17, 15) is 20.2 Å². The molecule has 0 bridgehead atoms. The van der Waals surface area contributed by atoms with Gasteiger partial charge in [-0.25, -0.2) is 0 Å². The van der Waals surface area contributed by atoms with Crippen molar-refractivity contribution in [3.05, 3.63) is 55.6 Å². The second kappa shape index (κ2) is 5.38. The molecule has 1 aromatic carbocycles. The van der Waals surface area contributed by atoms with Crippen LogP contribution in [0.1, 0.15) is 24.0 Å². The molecule has 0 aliphatic heterocycles. The van der Waals surface area contributed by atoms with Gasteiger partial charge >= 0.3 is 0 Å². The standard InChI is InChI=1S/C11H14N2O4/c1-8-3-5-10(6-4-8)11(7-12(14)15)9(2)13(16)17/h3-6,9,11H,7H2,1-2H3/t9-,11-/m1/s1. The highest BCUT2D eigenvalue weighted by Gasteiger charge is 2.32. The molecule has 0 saturated heterocycles. The summed E-state index contributed by atoms with van der Waals surface area (Å²) in [5.74, 6) is -0.694. The Morgan fingerprint density at radius 2 is 1.71 bits per heavy atom. The number of rotatable bonds is 5. The molecule has 6 heteroatoms. The maximum Gasteiger partial charge on any atom is 0.223 e. The first-order chi connectivity index (χ1) is 7.91. The molecule has 0 aromatic heterocycles. The Labute approximate surface area is 98.6 Å². The summed E-state index contributed by atoms with van der Waals surface area (Å²) in [7, 11) is 0. The minimum absolute atomic E-state index is 0.425. The van der Waals surface area contributed by atoms with Gasteiger partial charge < -0.3 is 0 Å². The highest BCUT2D eigenvalue weighted by molar-refractivity contribution is 5.25. The van der Waals surface area contributed by atoms with Gasteiger partial charge in [-0.2, -0.15) is 0 Å². The number of nitrogens with zero attached hydrogens (tertiary/aromatic N) is 2. The molecular weight excluding hydrogens is 224 g/mol. The zero-order valence-corrected chi connectivity index (χ0v) is 9.70. The van der Waals surface area contributed by atoms with Gasteiger partial charge in [-0.15, -0.1) is 0 Å². The Hall–Kier alpha value is -1.98. The van der Waals surface area contributed by atoms with Crippen LogP contribution < -0.4 is 0 Å². The first kappa shape index (κ1) is 13.1. The summed E-state index contributed by atoms with van der Waals surface area (Å²) in [5, 5.41) is 21.3. The van der Waals surface area contributed by atoms with Crippen LogP contribution in [0, 0.1) is 27.2 Å². The molecule has 0 aliphatic rings. The molecule has 0 saturated carbocycles. The van der Waals surface area contributed by atoms with Crippen molar-refractivity contribution < 1.29 is 9.85 Å². The van der Waals surface area contributed by atoms with Crippen LogP contribution >= 0.6 is 0 Å². The average Bonchev–Trinajstić information content (AvgIpc) is 2.26. The van der Waals surface area contributed by atoms with Gasteiger partial charge in [-0.05, 0) is 12.5 Å². The summed E-state index contributed by atoms with van der Waals surface area (Å²) in [5.41, 5.74) is 1.65. The lowest BCUT2D eigenvalue weighted by molar-refractivity contribution is -0.543. The quantitative estimate of drug-likeness (QED) is 0.580. The SMILES string of the molecule is Cc1ccc([C@H](C[N+](=O)[O-])[C@@H](C)[N+](=O)[O-])cc1. The zero-order valence-electron chi connectivity index (χ0n) is 9.70. The largest absolute Gasteiger partial charge is 0.265 e. The highest BCUT2D eigenvalue weighted by Crippen LogP contribution is 2.22. The van der Waals surface area contributed by atoms with Crippen molar-refractivity contribution in [3.8, 4) is 0 Å². The van der Waals surface area contributed by atoms with Crippen molar-refractivity contribution in [1.29, 1.82) is 0 Å². The maximum atomic E-state index is 10.7. The normalized spacial score (nSPS) is 14.0. The summed E-state index contributed by atoms with van der Waals surface area (Å²) in [6.45, 7) is 2.86. The molecule has 0 N–H and O–H groups in total. The lowest BCUT2D eigenvalue weighted by Gasteiger charge is -2.14. The van der Waals surface area contributed by atoms with Gasteiger partial charge in [-0.3, -0.25) is 20.2 Å². The van der Waals surface area contributed by atoms with Gasteiger partial charge in [0.15, 0.2) is 0 Å². The van der Waals surface area contributed by atoms with E-state index in [-0.39, 0.29) is 0 Å². The van der Waals surface area contributed by atoms with E-state index in [1.54, 1.807) is 24.3 Å². The Morgan fingerprint density at radius 3 is 2.12 bits per heavy atom. The predicted molar refractivity (Wildman–Crippen MR) is 62.2 cm³/mol. The second-order valence-electron chi connectivity index (χ2n) is 4.06. The third-order valence-electron chi connectivity index (χ3n) is 2.77. The van der Waals surface area contributed by atoms with Crippen molar-refractivity contribution in [2.24, 2.45) is 0 Å². The predicted octanol–water partition coefficient (Wildman–Crippen LogP) is 2.02. The Balaban J connectivity index is 3.01. The molecule has 6 nitrogen and oxygen atoms in total. The van der Waals surface area contributed by atoms with E-state index in [0.717, 1.165) is 5.56 Å². The fraction of sp³-hybridized carbons (Fsp3) is 0.455. The van der Waals surface area contributed by atoms with Gasteiger partial charge in [0, 0.05) is 16.8 Å². The van der Waals surface area contributed by atoms with Crippen LogP contribution in [0.15, 0.2) is 24.3 Å². The Bertz CT molecular complexity index is 416. The lowest BCUT2D eigenvalue weighted by Crippen LogP contribution is -2.29. The minimum atomic E-state index is -0.969. The molecule has 0 heterocycles. The average molecular weight is 238 g/mol. The van der Waals surface area contributed by atoms with Crippen molar-refractivity contribution in [2.45, 2.75) is 25.8 Å². The van der Waals surface area contributed by atoms with Crippen LogP contribution in [-0.2, 0) is 0 Å². The molecule has 0 fully saturated rings. The number of aryl methyl sites for hydroxylation is 1. The molecule has 1 aromatic rings. The summed E-state index contributed by atoms with van der Waals surface area (Å²) in [6.07, 6.45) is 0. The third kappa shape index (κ3) is 3.51. The monoisotopic (exact) mass is 238 g/mol. The van der Waals surface area contributed by atoms with Gasteiger partial charge in [-0.1, -0.05) is 29.8 Å². The number of nitro groups is 2. The summed E-state index contributed by atoms with van der Waals surface area (Å²) < 4.78 is 0. The van der Waals surface area contributed by atoms with Gasteiger partial charge in [0.05, 0.1) is 0 Å². The van der Waals surface area contributed by atoms with Crippen LogP contribution in [0.2, 0.25) is 0 Å². The minimum Gasteiger partial charge on any atom is -0.265 e. The number of hydrogen-bond donors (Lipinski definition) is 0. The molecule has 17 heavy (non-hydrogen) atoms. The lowest BCUT2D eigenvalue weighted by atomic mass is 9.92. The first-order valence-corrected chi connectivity index (χ1v) is 5.23. The van der Waals surface area contributed by atoms with E-state index < -0.39 is 28.4 Å². The Kier molecular flexibility index (Phi) is 4.14. The van der Waals surface area contributed by atoms with Gasteiger partial charge in [0.25, 0.3) is 0 Å². The fourth-order valence-electron chi connectivity index (χ4n) is 1.66. The van der Waals surface area contributed by atoms with E-state index in [2.05, 4.69) is 0 Å². The first-order valence-electron chi connectivity index (χ1n) is 5.23. The van der Waals surface area contributed by atoms with Gasteiger partial charge in [0.2, 0.25) is 12.6 Å². The van der Waals surface area contributed by atoms with E-state index in [1.165, 1.54) is 6.92 Å². The van der Waals surface area contributed by atoms with Crippen molar-refractivity contribution in [1.82, 2.24) is 0 Å². The molecule has 2 atom stereocenters.